The first kappa shape index (κ1) is 13.9. The van der Waals surface area contributed by atoms with E-state index in [0.29, 0.717) is 13.2 Å². The van der Waals surface area contributed by atoms with E-state index in [1.165, 1.54) is 0 Å². The third-order valence-corrected chi connectivity index (χ3v) is 4.20. The van der Waals surface area contributed by atoms with Crippen LogP contribution >= 0.6 is 0 Å². The third kappa shape index (κ3) is 2.59. The molecule has 0 unspecified atom stereocenters. The molecule has 0 spiro atoms. The lowest BCUT2D eigenvalue weighted by atomic mass is 10.0. The standard InChI is InChI=1S/C18H18N2O3/c1-11-2-4-13(5-3-11)19-18(21)20-16-14-7-9-22-15(14)10-12-6-8-23-17(12)16/h2-5,10H,6-9H2,1H3,(H2,19,20,21). The summed E-state index contributed by atoms with van der Waals surface area (Å²) in [7, 11) is 0. The van der Waals surface area contributed by atoms with Crippen molar-refractivity contribution in [3.63, 3.8) is 0 Å². The number of carbonyl (C=O) groups excluding carboxylic acids is 1. The summed E-state index contributed by atoms with van der Waals surface area (Å²) in [5, 5.41) is 5.80. The van der Waals surface area contributed by atoms with Crippen molar-refractivity contribution in [2.45, 2.75) is 19.8 Å². The highest BCUT2D eigenvalue weighted by Crippen LogP contribution is 2.44. The smallest absolute Gasteiger partial charge is 0.323 e. The Hall–Kier alpha value is -2.69. The molecule has 2 N–H and O–H groups in total. The summed E-state index contributed by atoms with van der Waals surface area (Å²) in [6.45, 7) is 3.30. The van der Waals surface area contributed by atoms with E-state index in [0.717, 1.165) is 52.4 Å². The van der Waals surface area contributed by atoms with Gasteiger partial charge in [-0.3, -0.25) is 0 Å². The van der Waals surface area contributed by atoms with E-state index in [1.54, 1.807) is 0 Å². The average Bonchev–Trinajstić information content (AvgIpc) is 3.18. The maximum Gasteiger partial charge on any atom is 0.323 e. The zero-order valence-electron chi connectivity index (χ0n) is 12.9. The molecule has 118 valence electrons. The second-order valence-corrected chi connectivity index (χ2v) is 5.86. The molecule has 0 radical (unpaired) electrons. The van der Waals surface area contributed by atoms with Gasteiger partial charge in [0.2, 0.25) is 0 Å². The minimum absolute atomic E-state index is 0.271. The zero-order valence-corrected chi connectivity index (χ0v) is 12.9. The SMILES string of the molecule is Cc1ccc(NC(=O)Nc2c3c(cc4c2OCC4)OCC3)cc1. The minimum Gasteiger partial charge on any atom is -0.493 e. The maximum atomic E-state index is 12.3. The Labute approximate surface area is 134 Å². The fraction of sp³-hybridized carbons (Fsp3) is 0.278. The molecule has 5 heteroatoms. The van der Waals surface area contributed by atoms with Crippen LogP contribution in [-0.4, -0.2) is 19.2 Å². The molecule has 0 fully saturated rings. The van der Waals surface area contributed by atoms with E-state index in [1.807, 2.05) is 37.3 Å². The predicted molar refractivity (Wildman–Crippen MR) is 88.7 cm³/mol. The molecule has 2 aliphatic rings. The number of nitrogens with one attached hydrogen (secondary N) is 2. The van der Waals surface area contributed by atoms with Gasteiger partial charge < -0.3 is 20.1 Å². The van der Waals surface area contributed by atoms with Crippen molar-refractivity contribution in [3.05, 3.63) is 47.0 Å². The van der Waals surface area contributed by atoms with E-state index in [9.17, 15) is 4.79 Å². The molecule has 0 saturated carbocycles. The number of ether oxygens (including phenoxy) is 2. The molecule has 0 aliphatic carbocycles. The van der Waals surface area contributed by atoms with Gasteiger partial charge in [0.15, 0.2) is 0 Å². The van der Waals surface area contributed by atoms with Gasteiger partial charge in [-0.1, -0.05) is 17.7 Å². The van der Waals surface area contributed by atoms with Crippen molar-refractivity contribution < 1.29 is 14.3 Å². The van der Waals surface area contributed by atoms with Gasteiger partial charge in [0.25, 0.3) is 0 Å². The molecule has 23 heavy (non-hydrogen) atoms. The number of anilines is 2. The van der Waals surface area contributed by atoms with Gasteiger partial charge in [-0.05, 0) is 25.1 Å². The molecule has 2 heterocycles. The number of rotatable bonds is 2. The molecule has 4 rings (SSSR count). The molecule has 0 saturated heterocycles. The molecule has 0 aromatic heterocycles. The molecule has 0 bridgehead atoms. The normalized spacial score (nSPS) is 14.5. The van der Waals surface area contributed by atoms with Gasteiger partial charge in [0.05, 0.1) is 18.9 Å². The van der Waals surface area contributed by atoms with Crippen molar-refractivity contribution in [2.24, 2.45) is 0 Å². The van der Waals surface area contributed by atoms with Crippen molar-refractivity contribution in [1.29, 1.82) is 0 Å². The predicted octanol–water partition coefficient (Wildman–Crippen LogP) is 3.51. The van der Waals surface area contributed by atoms with Gasteiger partial charge in [-0.15, -0.1) is 0 Å². The summed E-state index contributed by atoms with van der Waals surface area (Å²) in [6.07, 6.45) is 1.63. The highest BCUT2D eigenvalue weighted by Gasteiger charge is 2.27. The lowest BCUT2D eigenvalue weighted by molar-refractivity contribution is 0.262. The summed E-state index contributed by atoms with van der Waals surface area (Å²) < 4.78 is 11.4. The van der Waals surface area contributed by atoms with Gasteiger partial charge in [-0.25, -0.2) is 4.79 Å². The summed E-state index contributed by atoms with van der Waals surface area (Å²) in [5.41, 5.74) is 4.77. The van der Waals surface area contributed by atoms with E-state index in [-0.39, 0.29) is 6.03 Å². The van der Waals surface area contributed by atoms with Crippen LogP contribution in [0.4, 0.5) is 16.2 Å². The number of amides is 2. The van der Waals surface area contributed by atoms with Crippen LogP contribution in [0.25, 0.3) is 0 Å². The number of aryl methyl sites for hydroxylation is 1. The van der Waals surface area contributed by atoms with E-state index in [4.69, 9.17) is 9.47 Å². The number of carbonyl (C=O) groups is 1. The molecule has 2 aromatic carbocycles. The zero-order chi connectivity index (χ0) is 15.8. The first-order valence-electron chi connectivity index (χ1n) is 7.80. The van der Waals surface area contributed by atoms with Crippen molar-refractivity contribution in [1.82, 2.24) is 0 Å². The Kier molecular flexibility index (Phi) is 3.33. The van der Waals surface area contributed by atoms with E-state index >= 15 is 0 Å². The third-order valence-electron chi connectivity index (χ3n) is 4.20. The quantitative estimate of drug-likeness (QED) is 0.892. The Morgan fingerprint density at radius 1 is 1.04 bits per heavy atom. The molecule has 5 nitrogen and oxygen atoms in total. The van der Waals surface area contributed by atoms with Gasteiger partial charge >= 0.3 is 6.03 Å². The van der Waals surface area contributed by atoms with Crippen LogP contribution in [0.5, 0.6) is 11.5 Å². The fourth-order valence-electron chi connectivity index (χ4n) is 3.03. The van der Waals surface area contributed by atoms with E-state index < -0.39 is 0 Å². The monoisotopic (exact) mass is 310 g/mol. The molecule has 0 atom stereocenters. The number of urea groups is 1. The highest BCUT2D eigenvalue weighted by molar-refractivity contribution is 6.02. The van der Waals surface area contributed by atoms with Gasteiger partial charge in [-0.2, -0.15) is 0 Å². The second kappa shape index (κ2) is 5.50. The van der Waals surface area contributed by atoms with E-state index in [2.05, 4.69) is 10.6 Å². The van der Waals surface area contributed by atoms with Crippen molar-refractivity contribution in [2.75, 3.05) is 23.8 Å². The van der Waals surface area contributed by atoms with Crippen molar-refractivity contribution in [3.8, 4) is 11.5 Å². The van der Waals surface area contributed by atoms with Crippen LogP contribution in [0.3, 0.4) is 0 Å². The Bertz CT molecular complexity index is 737. The van der Waals surface area contributed by atoms with Crippen LogP contribution in [0.2, 0.25) is 0 Å². The second-order valence-electron chi connectivity index (χ2n) is 5.86. The van der Waals surface area contributed by atoms with Crippen molar-refractivity contribution >= 4 is 17.4 Å². The lowest BCUT2D eigenvalue weighted by Gasteiger charge is -2.14. The summed E-state index contributed by atoms with van der Waals surface area (Å²) in [5.74, 6) is 1.65. The molecule has 2 aliphatic heterocycles. The number of fused-ring (bicyclic) bond motifs is 2. The van der Waals surface area contributed by atoms with Crippen LogP contribution < -0.4 is 20.1 Å². The topological polar surface area (TPSA) is 59.6 Å². The fourth-order valence-corrected chi connectivity index (χ4v) is 3.03. The maximum absolute atomic E-state index is 12.3. The molecule has 2 amide bonds. The lowest BCUT2D eigenvalue weighted by Crippen LogP contribution is -2.20. The Morgan fingerprint density at radius 3 is 2.65 bits per heavy atom. The van der Waals surface area contributed by atoms with Crippen LogP contribution in [0.15, 0.2) is 30.3 Å². The molecule has 2 aromatic rings. The first-order valence-corrected chi connectivity index (χ1v) is 7.80. The Balaban J connectivity index is 1.59. The van der Waals surface area contributed by atoms with Crippen LogP contribution in [-0.2, 0) is 12.8 Å². The number of hydrogen-bond donors (Lipinski definition) is 2. The summed E-state index contributed by atoms with van der Waals surface area (Å²) in [4.78, 5) is 12.3. The first-order chi connectivity index (χ1) is 11.2. The van der Waals surface area contributed by atoms with Crippen LogP contribution in [0, 0.1) is 6.92 Å². The summed E-state index contributed by atoms with van der Waals surface area (Å²) >= 11 is 0. The number of hydrogen-bond acceptors (Lipinski definition) is 3. The molecular formula is C18H18N2O3. The largest absolute Gasteiger partial charge is 0.493 e. The Morgan fingerprint density at radius 2 is 1.83 bits per heavy atom. The summed E-state index contributed by atoms with van der Waals surface area (Å²) in [6, 6.07) is 9.46. The van der Waals surface area contributed by atoms with Gasteiger partial charge in [0, 0.05) is 29.7 Å². The average molecular weight is 310 g/mol. The minimum atomic E-state index is -0.271. The highest BCUT2D eigenvalue weighted by atomic mass is 16.5. The van der Waals surface area contributed by atoms with Crippen LogP contribution in [0.1, 0.15) is 16.7 Å². The van der Waals surface area contributed by atoms with Gasteiger partial charge in [0.1, 0.15) is 11.5 Å². The molecular weight excluding hydrogens is 292 g/mol. The number of benzene rings is 2.